The molecule has 0 saturated heterocycles. The third-order valence-electron chi connectivity index (χ3n) is 12.2. The van der Waals surface area contributed by atoms with Gasteiger partial charge in [0.25, 0.3) is 0 Å². The van der Waals surface area contributed by atoms with Crippen LogP contribution in [0.15, 0.2) is 194 Å². The van der Waals surface area contributed by atoms with Crippen molar-refractivity contribution in [1.82, 2.24) is 0 Å². The molecule has 0 amide bonds. The Balaban J connectivity index is 1.26. The van der Waals surface area contributed by atoms with Crippen LogP contribution < -0.4 is 0 Å². The summed E-state index contributed by atoms with van der Waals surface area (Å²) in [5.41, 5.74) is 13.2. The molecule has 0 unspecified atom stereocenters. The summed E-state index contributed by atoms with van der Waals surface area (Å²) in [6, 6.07) is 72.7. The van der Waals surface area contributed by atoms with Crippen LogP contribution in [0.5, 0.6) is 0 Å². The normalized spacial score (nSPS) is 12.3. The van der Waals surface area contributed by atoms with Gasteiger partial charge in [-0.25, -0.2) is 0 Å². The minimum atomic E-state index is 0.977. The van der Waals surface area contributed by atoms with Crippen LogP contribution in [-0.4, -0.2) is 0 Å². The molecule has 0 fully saturated rings. The van der Waals surface area contributed by atoms with Gasteiger partial charge in [-0.05, 0) is 145 Å². The van der Waals surface area contributed by atoms with E-state index in [1.807, 2.05) is 0 Å². The zero-order valence-corrected chi connectivity index (χ0v) is 30.2. The maximum Gasteiger partial charge on any atom is -0.00132 e. The van der Waals surface area contributed by atoms with Crippen molar-refractivity contribution in [1.29, 1.82) is 0 Å². The standard InChI is InChI=1S/C55H34/c1-4-18-39-35(15-1)31-50(45-23-9-7-21-43(39)45)54-47-25-11-12-26-48(47)55(51-32-36-16-2-5-19-40(36)44-22-8-10-24-46(44)51)52-33-37(28-29-49(52)54)42-27-13-17-38-30-34-14-3-6-20-41(34)53(38)42/h1-29,31-33H,30H2. The van der Waals surface area contributed by atoms with Gasteiger partial charge in [0.05, 0.1) is 0 Å². The number of hydrogen-bond acceptors (Lipinski definition) is 0. The van der Waals surface area contributed by atoms with Crippen molar-refractivity contribution >= 4 is 64.6 Å². The summed E-state index contributed by atoms with van der Waals surface area (Å²) in [5, 5.41) is 15.3. The van der Waals surface area contributed by atoms with Gasteiger partial charge in [-0.15, -0.1) is 0 Å². The van der Waals surface area contributed by atoms with E-state index in [1.165, 1.54) is 120 Å². The molecule has 0 bridgehead atoms. The molecule has 55 heavy (non-hydrogen) atoms. The van der Waals surface area contributed by atoms with E-state index in [4.69, 9.17) is 0 Å². The highest BCUT2D eigenvalue weighted by atomic mass is 14.3. The van der Waals surface area contributed by atoms with Crippen LogP contribution in [0.4, 0.5) is 0 Å². The quantitative estimate of drug-likeness (QED) is 0.128. The third-order valence-corrected chi connectivity index (χ3v) is 12.2. The summed E-state index contributed by atoms with van der Waals surface area (Å²) in [5.74, 6) is 0. The first kappa shape index (κ1) is 30.4. The molecule has 11 aromatic carbocycles. The Morgan fingerprint density at radius 1 is 0.236 bits per heavy atom. The highest BCUT2D eigenvalue weighted by molar-refractivity contribution is 6.28. The summed E-state index contributed by atoms with van der Waals surface area (Å²) < 4.78 is 0. The van der Waals surface area contributed by atoms with Crippen molar-refractivity contribution < 1.29 is 0 Å². The molecule has 0 saturated carbocycles. The zero-order chi connectivity index (χ0) is 36.0. The van der Waals surface area contributed by atoms with Crippen molar-refractivity contribution in [3.8, 4) is 44.5 Å². The molecule has 0 nitrogen and oxygen atoms in total. The van der Waals surface area contributed by atoms with Gasteiger partial charge in [-0.2, -0.15) is 0 Å². The Bertz CT molecular complexity index is 3400. The lowest BCUT2D eigenvalue weighted by atomic mass is 9.81. The van der Waals surface area contributed by atoms with E-state index in [2.05, 4.69) is 194 Å². The van der Waals surface area contributed by atoms with Gasteiger partial charge in [0.1, 0.15) is 0 Å². The maximum atomic E-state index is 2.50. The molecule has 0 radical (unpaired) electrons. The average molecular weight is 695 g/mol. The molecule has 0 N–H and O–H groups in total. The first-order valence-corrected chi connectivity index (χ1v) is 19.3. The summed E-state index contributed by atoms with van der Waals surface area (Å²) in [7, 11) is 0. The Morgan fingerprint density at radius 3 is 1.33 bits per heavy atom. The predicted molar refractivity (Wildman–Crippen MR) is 236 cm³/mol. The van der Waals surface area contributed by atoms with Gasteiger partial charge < -0.3 is 0 Å². The first-order valence-electron chi connectivity index (χ1n) is 19.3. The number of rotatable bonds is 3. The molecule has 11 aromatic rings. The molecule has 0 heteroatoms. The van der Waals surface area contributed by atoms with E-state index in [9.17, 15) is 0 Å². The van der Waals surface area contributed by atoms with E-state index < -0.39 is 0 Å². The summed E-state index contributed by atoms with van der Waals surface area (Å²) in [6.45, 7) is 0. The van der Waals surface area contributed by atoms with E-state index in [0.717, 1.165) is 6.42 Å². The van der Waals surface area contributed by atoms with Crippen LogP contribution in [0.1, 0.15) is 11.1 Å². The smallest absolute Gasteiger partial charge is 0.00132 e. The van der Waals surface area contributed by atoms with Crippen molar-refractivity contribution in [2.24, 2.45) is 0 Å². The molecular weight excluding hydrogens is 661 g/mol. The van der Waals surface area contributed by atoms with Crippen molar-refractivity contribution in [3.05, 3.63) is 205 Å². The van der Waals surface area contributed by atoms with Crippen molar-refractivity contribution in [2.45, 2.75) is 6.42 Å². The Hall–Kier alpha value is -7.02. The average Bonchev–Trinajstić information content (AvgIpc) is 3.64. The highest BCUT2D eigenvalue weighted by Crippen LogP contribution is 2.50. The van der Waals surface area contributed by atoms with Crippen LogP contribution in [0, 0.1) is 0 Å². The Morgan fingerprint density at radius 2 is 0.691 bits per heavy atom. The van der Waals surface area contributed by atoms with Crippen LogP contribution in [0.3, 0.4) is 0 Å². The van der Waals surface area contributed by atoms with Crippen LogP contribution in [0.25, 0.3) is 109 Å². The lowest BCUT2D eigenvalue weighted by Crippen LogP contribution is -1.94. The fraction of sp³-hybridized carbons (Fsp3) is 0.0182. The zero-order valence-electron chi connectivity index (χ0n) is 30.2. The second-order valence-electron chi connectivity index (χ2n) is 15.1. The number of benzene rings is 11. The molecule has 0 heterocycles. The van der Waals surface area contributed by atoms with Crippen LogP contribution in [-0.2, 0) is 6.42 Å². The Labute approximate surface area is 319 Å². The minimum absolute atomic E-state index is 0.977. The lowest BCUT2D eigenvalue weighted by molar-refractivity contribution is 1.26. The minimum Gasteiger partial charge on any atom is -0.0619 e. The molecule has 1 aliphatic carbocycles. The fourth-order valence-electron chi connectivity index (χ4n) is 9.88. The van der Waals surface area contributed by atoms with E-state index in [1.54, 1.807) is 0 Å². The Kier molecular flexibility index (Phi) is 6.50. The monoisotopic (exact) mass is 694 g/mol. The molecule has 0 atom stereocenters. The van der Waals surface area contributed by atoms with Crippen molar-refractivity contribution in [2.75, 3.05) is 0 Å². The maximum absolute atomic E-state index is 2.50. The van der Waals surface area contributed by atoms with Gasteiger partial charge >= 0.3 is 0 Å². The van der Waals surface area contributed by atoms with Gasteiger partial charge in [0, 0.05) is 0 Å². The summed E-state index contributed by atoms with van der Waals surface area (Å²) in [6.07, 6.45) is 0.977. The van der Waals surface area contributed by atoms with E-state index >= 15 is 0 Å². The van der Waals surface area contributed by atoms with Gasteiger partial charge in [-0.3, -0.25) is 0 Å². The van der Waals surface area contributed by atoms with Crippen LogP contribution >= 0.6 is 0 Å². The molecular formula is C55H34. The van der Waals surface area contributed by atoms with E-state index in [-0.39, 0.29) is 0 Å². The first-order chi connectivity index (χ1) is 27.3. The summed E-state index contributed by atoms with van der Waals surface area (Å²) >= 11 is 0. The number of fused-ring (bicyclic) bond motifs is 11. The lowest BCUT2D eigenvalue weighted by Gasteiger charge is -2.22. The summed E-state index contributed by atoms with van der Waals surface area (Å²) in [4.78, 5) is 0. The second-order valence-corrected chi connectivity index (χ2v) is 15.1. The molecule has 12 rings (SSSR count). The van der Waals surface area contributed by atoms with Gasteiger partial charge in [0.2, 0.25) is 0 Å². The third kappa shape index (κ3) is 4.46. The molecule has 0 aliphatic heterocycles. The van der Waals surface area contributed by atoms with Gasteiger partial charge in [-0.1, -0.05) is 176 Å². The second kappa shape index (κ2) is 11.7. The van der Waals surface area contributed by atoms with Crippen LogP contribution in [0.2, 0.25) is 0 Å². The predicted octanol–water partition coefficient (Wildman–Crippen LogP) is 15.2. The topological polar surface area (TPSA) is 0 Å². The molecule has 1 aliphatic rings. The number of hydrogen-bond donors (Lipinski definition) is 0. The van der Waals surface area contributed by atoms with E-state index in [0.29, 0.717) is 0 Å². The molecule has 254 valence electrons. The molecule has 0 aromatic heterocycles. The fourth-order valence-corrected chi connectivity index (χ4v) is 9.88. The highest BCUT2D eigenvalue weighted by Gasteiger charge is 2.24. The SMILES string of the molecule is c1ccc2c(c1)Cc1cccc(-c3ccc4c(-c5cc6ccccc6c6ccccc56)c5ccccc5c(-c5cc6ccccc6c6ccccc56)c4c3)c1-2. The largest absolute Gasteiger partial charge is 0.0619 e. The molecule has 0 spiro atoms. The van der Waals surface area contributed by atoms with Crippen molar-refractivity contribution in [3.63, 3.8) is 0 Å². The van der Waals surface area contributed by atoms with Gasteiger partial charge in [0.15, 0.2) is 0 Å².